The van der Waals surface area contributed by atoms with Crippen molar-refractivity contribution >= 4 is 28.3 Å². The van der Waals surface area contributed by atoms with Gasteiger partial charge in [-0.15, -0.1) is 10.2 Å². The first kappa shape index (κ1) is 15.7. The summed E-state index contributed by atoms with van der Waals surface area (Å²) in [4.78, 5) is 25.6. The standard InChI is InChI=1S/C13H21N5O2S/c1-9(12-16-17-13(14)21-12)15-10(19)6-8-18-7-4-2-3-5-11(18)20/h9H,2-8H2,1H3,(H2,14,17)(H,15,19)/t9-/m1/s1. The van der Waals surface area contributed by atoms with E-state index in [1.807, 2.05) is 6.92 Å². The quantitative estimate of drug-likeness (QED) is 0.847. The van der Waals surface area contributed by atoms with Crippen LogP contribution in [0.4, 0.5) is 5.13 Å². The third-order valence-electron chi connectivity index (χ3n) is 3.48. The Hall–Kier alpha value is -1.70. The smallest absolute Gasteiger partial charge is 0.222 e. The SMILES string of the molecule is C[C@@H](NC(=O)CCN1CCCCCC1=O)c1nnc(N)s1. The highest BCUT2D eigenvalue weighted by atomic mass is 32.1. The molecule has 0 spiro atoms. The van der Waals surface area contributed by atoms with Crippen molar-refractivity contribution < 1.29 is 9.59 Å². The summed E-state index contributed by atoms with van der Waals surface area (Å²) in [6, 6.07) is -0.216. The van der Waals surface area contributed by atoms with E-state index in [0.717, 1.165) is 25.8 Å². The fourth-order valence-electron chi connectivity index (χ4n) is 2.31. The maximum absolute atomic E-state index is 11.9. The molecule has 0 bridgehead atoms. The number of likely N-dealkylation sites (tertiary alicyclic amines) is 1. The number of carbonyl (C=O) groups excluding carboxylic acids is 2. The molecule has 8 heteroatoms. The van der Waals surface area contributed by atoms with E-state index in [1.165, 1.54) is 11.3 Å². The van der Waals surface area contributed by atoms with Crippen molar-refractivity contribution in [3.05, 3.63) is 5.01 Å². The van der Waals surface area contributed by atoms with Crippen molar-refractivity contribution in [2.24, 2.45) is 0 Å². The van der Waals surface area contributed by atoms with Gasteiger partial charge in [0.15, 0.2) is 0 Å². The molecule has 0 radical (unpaired) electrons. The number of amides is 2. The molecule has 0 unspecified atom stereocenters. The lowest BCUT2D eigenvalue weighted by atomic mass is 10.2. The monoisotopic (exact) mass is 311 g/mol. The molecule has 0 aliphatic carbocycles. The number of anilines is 1. The van der Waals surface area contributed by atoms with Crippen molar-refractivity contribution in [1.82, 2.24) is 20.4 Å². The minimum Gasteiger partial charge on any atom is -0.374 e. The molecule has 116 valence electrons. The van der Waals surface area contributed by atoms with Crippen LogP contribution < -0.4 is 11.1 Å². The Balaban J connectivity index is 1.77. The molecule has 2 rings (SSSR count). The van der Waals surface area contributed by atoms with E-state index in [4.69, 9.17) is 5.73 Å². The van der Waals surface area contributed by atoms with Crippen LogP contribution in [0.15, 0.2) is 0 Å². The number of hydrogen-bond acceptors (Lipinski definition) is 6. The maximum atomic E-state index is 11.9. The highest BCUT2D eigenvalue weighted by Crippen LogP contribution is 2.19. The third kappa shape index (κ3) is 4.66. The lowest BCUT2D eigenvalue weighted by Gasteiger charge is -2.20. The second-order valence-electron chi connectivity index (χ2n) is 5.21. The summed E-state index contributed by atoms with van der Waals surface area (Å²) in [5.41, 5.74) is 5.52. The highest BCUT2D eigenvalue weighted by Gasteiger charge is 2.18. The van der Waals surface area contributed by atoms with E-state index in [0.29, 0.717) is 29.5 Å². The van der Waals surface area contributed by atoms with Gasteiger partial charge in [-0.25, -0.2) is 0 Å². The molecule has 1 fully saturated rings. The number of nitrogens with two attached hydrogens (primary N) is 1. The van der Waals surface area contributed by atoms with Crippen LogP contribution in [-0.4, -0.2) is 40.0 Å². The molecular weight excluding hydrogens is 290 g/mol. The van der Waals surface area contributed by atoms with Gasteiger partial charge in [0, 0.05) is 25.9 Å². The second-order valence-corrected chi connectivity index (χ2v) is 6.25. The average molecular weight is 311 g/mol. The topological polar surface area (TPSA) is 101 Å². The number of rotatable bonds is 5. The average Bonchev–Trinajstić information content (AvgIpc) is 2.77. The Morgan fingerprint density at radius 3 is 2.95 bits per heavy atom. The summed E-state index contributed by atoms with van der Waals surface area (Å²) in [7, 11) is 0. The highest BCUT2D eigenvalue weighted by molar-refractivity contribution is 7.15. The van der Waals surface area contributed by atoms with E-state index in [2.05, 4.69) is 15.5 Å². The van der Waals surface area contributed by atoms with Gasteiger partial charge in [0.1, 0.15) is 5.01 Å². The normalized spacial score (nSPS) is 17.4. The van der Waals surface area contributed by atoms with Gasteiger partial charge in [-0.3, -0.25) is 9.59 Å². The van der Waals surface area contributed by atoms with Crippen molar-refractivity contribution in [3.8, 4) is 0 Å². The molecule has 1 atom stereocenters. The van der Waals surface area contributed by atoms with E-state index < -0.39 is 0 Å². The van der Waals surface area contributed by atoms with Gasteiger partial charge in [0.05, 0.1) is 6.04 Å². The number of nitrogens with one attached hydrogen (secondary N) is 1. The summed E-state index contributed by atoms with van der Waals surface area (Å²) in [5.74, 6) is 0.0681. The van der Waals surface area contributed by atoms with Crippen molar-refractivity contribution in [2.45, 2.75) is 45.1 Å². The first-order valence-corrected chi connectivity index (χ1v) is 8.04. The molecule has 1 aromatic heterocycles. The van der Waals surface area contributed by atoms with Crippen LogP contribution in [-0.2, 0) is 9.59 Å². The van der Waals surface area contributed by atoms with Crippen LogP contribution in [0.25, 0.3) is 0 Å². The zero-order valence-electron chi connectivity index (χ0n) is 12.2. The molecule has 2 heterocycles. The molecule has 1 aromatic rings. The Labute approximate surface area is 127 Å². The molecule has 1 aliphatic rings. The molecule has 1 saturated heterocycles. The second kappa shape index (κ2) is 7.35. The fourth-order valence-corrected chi connectivity index (χ4v) is 2.92. The van der Waals surface area contributed by atoms with Crippen LogP contribution in [0.5, 0.6) is 0 Å². The number of aromatic nitrogens is 2. The molecule has 7 nitrogen and oxygen atoms in total. The van der Waals surface area contributed by atoms with Crippen LogP contribution in [0.1, 0.15) is 50.1 Å². The Kier molecular flexibility index (Phi) is 5.49. The van der Waals surface area contributed by atoms with Crippen LogP contribution in [0.3, 0.4) is 0 Å². The summed E-state index contributed by atoms with van der Waals surface area (Å²) in [5, 5.41) is 11.6. The molecule has 21 heavy (non-hydrogen) atoms. The zero-order chi connectivity index (χ0) is 15.2. The van der Waals surface area contributed by atoms with E-state index in [-0.39, 0.29) is 17.9 Å². The predicted octanol–water partition coefficient (Wildman–Crippen LogP) is 1.09. The molecular formula is C13H21N5O2S. The molecule has 2 amide bonds. The molecule has 0 aromatic carbocycles. The number of carbonyl (C=O) groups is 2. The van der Waals surface area contributed by atoms with E-state index in [1.54, 1.807) is 4.90 Å². The summed E-state index contributed by atoms with van der Waals surface area (Å²) >= 11 is 1.26. The summed E-state index contributed by atoms with van der Waals surface area (Å²) in [6.07, 6.45) is 3.97. The van der Waals surface area contributed by atoms with Gasteiger partial charge in [-0.2, -0.15) is 0 Å². The Morgan fingerprint density at radius 2 is 2.24 bits per heavy atom. The van der Waals surface area contributed by atoms with Gasteiger partial charge in [-0.05, 0) is 19.8 Å². The van der Waals surface area contributed by atoms with E-state index in [9.17, 15) is 9.59 Å². The van der Waals surface area contributed by atoms with Crippen molar-refractivity contribution in [1.29, 1.82) is 0 Å². The van der Waals surface area contributed by atoms with Crippen LogP contribution >= 0.6 is 11.3 Å². The summed E-state index contributed by atoms with van der Waals surface area (Å²) < 4.78 is 0. The van der Waals surface area contributed by atoms with Gasteiger partial charge < -0.3 is 16.0 Å². The number of nitrogen functional groups attached to an aromatic ring is 1. The summed E-state index contributed by atoms with van der Waals surface area (Å²) in [6.45, 7) is 3.08. The Bertz CT molecular complexity index is 505. The minimum atomic E-state index is -0.216. The number of nitrogens with zero attached hydrogens (tertiary/aromatic N) is 3. The third-order valence-corrected chi connectivity index (χ3v) is 4.42. The molecule has 0 saturated carbocycles. The molecule has 1 aliphatic heterocycles. The van der Waals surface area contributed by atoms with Gasteiger partial charge in [0.2, 0.25) is 16.9 Å². The van der Waals surface area contributed by atoms with Gasteiger partial charge in [-0.1, -0.05) is 17.8 Å². The van der Waals surface area contributed by atoms with Crippen molar-refractivity contribution in [2.75, 3.05) is 18.8 Å². The lowest BCUT2D eigenvalue weighted by Crippen LogP contribution is -2.35. The first-order chi connectivity index (χ1) is 10.1. The molecule has 3 N–H and O–H groups in total. The maximum Gasteiger partial charge on any atom is 0.222 e. The van der Waals surface area contributed by atoms with E-state index >= 15 is 0 Å². The van der Waals surface area contributed by atoms with Crippen LogP contribution in [0, 0.1) is 0 Å². The fraction of sp³-hybridized carbons (Fsp3) is 0.692. The number of hydrogen-bond donors (Lipinski definition) is 2. The largest absolute Gasteiger partial charge is 0.374 e. The lowest BCUT2D eigenvalue weighted by molar-refractivity contribution is -0.131. The minimum absolute atomic E-state index is 0.0895. The van der Waals surface area contributed by atoms with Crippen LogP contribution in [0.2, 0.25) is 0 Å². The Morgan fingerprint density at radius 1 is 1.43 bits per heavy atom. The van der Waals surface area contributed by atoms with Crippen molar-refractivity contribution in [3.63, 3.8) is 0 Å². The first-order valence-electron chi connectivity index (χ1n) is 7.22. The predicted molar refractivity (Wildman–Crippen MR) is 80.5 cm³/mol. The van der Waals surface area contributed by atoms with Gasteiger partial charge >= 0.3 is 0 Å². The van der Waals surface area contributed by atoms with Gasteiger partial charge in [0.25, 0.3) is 0 Å². The zero-order valence-corrected chi connectivity index (χ0v) is 13.0.